The van der Waals surface area contributed by atoms with E-state index in [0.717, 1.165) is 19.3 Å². The summed E-state index contributed by atoms with van der Waals surface area (Å²) in [7, 11) is 0. The van der Waals surface area contributed by atoms with Crippen LogP contribution in [0.5, 0.6) is 0 Å². The Morgan fingerprint density at radius 3 is 2.36 bits per heavy atom. The lowest BCUT2D eigenvalue weighted by Crippen LogP contribution is -2.12. The Hall–Kier alpha value is -1.30. The molecule has 0 spiro atoms. The number of hydrogen-bond acceptors (Lipinski definition) is 0. The van der Waals surface area contributed by atoms with Crippen molar-refractivity contribution in [3.63, 3.8) is 0 Å². The van der Waals surface area contributed by atoms with Gasteiger partial charge in [-0.3, -0.25) is 0 Å². The molecule has 0 aromatic carbocycles. The molecular weight excluding hydrogens is 264 g/mol. The van der Waals surface area contributed by atoms with Crippen molar-refractivity contribution in [2.75, 3.05) is 0 Å². The molecule has 0 N–H and O–H groups in total. The van der Waals surface area contributed by atoms with Crippen molar-refractivity contribution < 1.29 is 0 Å². The Bertz CT molecular complexity index is 590. The highest BCUT2D eigenvalue weighted by molar-refractivity contribution is 5.53. The normalized spacial score (nSPS) is 28.0. The van der Waals surface area contributed by atoms with Crippen LogP contribution >= 0.6 is 0 Å². The molecule has 2 aliphatic rings. The number of allylic oxidation sites excluding steroid dienone is 9. The van der Waals surface area contributed by atoms with Gasteiger partial charge >= 0.3 is 0 Å². The third-order valence-corrected chi connectivity index (χ3v) is 5.76. The standard InChI is InChI=1S/C22H32/c1-14-8-10-16(3)21(13-9-14)22-17(4)12-11-15(2)18(5)19(6)20(22)7/h8,13,16,18H,2,9-12H2,1,3-7H3. The summed E-state index contributed by atoms with van der Waals surface area (Å²) in [6, 6.07) is 0. The second-order valence-corrected chi connectivity index (χ2v) is 7.39. The van der Waals surface area contributed by atoms with Crippen molar-refractivity contribution in [1.82, 2.24) is 0 Å². The molecule has 120 valence electrons. The van der Waals surface area contributed by atoms with Crippen LogP contribution in [0.25, 0.3) is 0 Å². The minimum atomic E-state index is 0.504. The summed E-state index contributed by atoms with van der Waals surface area (Å²) >= 11 is 0. The molecule has 0 saturated heterocycles. The fourth-order valence-corrected chi connectivity index (χ4v) is 3.71. The molecule has 0 fully saturated rings. The molecule has 0 radical (unpaired) electrons. The highest BCUT2D eigenvalue weighted by Crippen LogP contribution is 2.40. The number of rotatable bonds is 1. The number of hydrogen-bond donors (Lipinski definition) is 0. The van der Waals surface area contributed by atoms with E-state index in [-0.39, 0.29) is 0 Å². The maximum absolute atomic E-state index is 4.31. The molecule has 22 heavy (non-hydrogen) atoms. The highest BCUT2D eigenvalue weighted by Gasteiger charge is 2.23. The van der Waals surface area contributed by atoms with Gasteiger partial charge in [-0.1, -0.05) is 54.9 Å². The van der Waals surface area contributed by atoms with E-state index >= 15 is 0 Å². The van der Waals surface area contributed by atoms with Crippen molar-refractivity contribution in [3.8, 4) is 0 Å². The molecule has 2 unspecified atom stereocenters. The van der Waals surface area contributed by atoms with Crippen LogP contribution in [0.15, 0.2) is 57.7 Å². The molecule has 2 rings (SSSR count). The molecule has 0 aliphatic heterocycles. The van der Waals surface area contributed by atoms with Gasteiger partial charge in [-0.05, 0) is 81.9 Å². The summed E-state index contributed by atoms with van der Waals surface area (Å²) in [5, 5.41) is 0. The fraction of sp³-hybridized carbons (Fsp3) is 0.545. The van der Waals surface area contributed by atoms with Crippen molar-refractivity contribution >= 4 is 0 Å². The largest absolute Gasteiger partial charge is 0.0993 e. The molecular formula is C22H32. The van der Waals surface area contributed by atoms with Crippen LogP contribution in [-0.4, -0.2) is 0 Å². The first-order valence-electron chi connectivity index (χ1n) is 8.74. The van der Waals surface area contributed by atoms with Gasteiger partial charge in [0.25, 0.3) is 0 Å². The van der Waals surface area contributed by atoms with Crippen LogP contribution in [0.1, 0.15) is 67.2 Å². The van der Waals surface area contributed by atoms with E-state index < -0.39 is 0 Å². The minimum absolute atomic E-state index is 0.504. The van der Waals surface area contributed by atoms with Crippen LogP contribution < -0.4 is 0 Å². The topological polar surface area (TPSA) is 0 Å². The lowest BCUT2D eigenvalue weighted by atomic mass is 9.77. The van der Waals surface area contributed by atoms with Gasteiger partial charge in [-0.2, -0.15) is 0 Å². The van der Waals surface area contributed by atoms with Gasteiger partial charge in [0.15, 0.2) is 0 Å². The minimum Gasteiger partial charge on any atom is -0.0993 e. The van der Waals surface area contributed by atoms with E-state index in [2.05, 4.69) is 60.3 Å². The Morgan fingerprint density at radius 1 is 1.00 bits per heavy atom. The van der Waals surface area contributed by atoms with Gasteiger partial charge in [-0.25, -0.2) is 0 Å². The van der Waals surface area contributed by atoms with E-state index in [1.807, 2.05) is 0 Å². The van der Waals surface area contributed by atoms with Crippen LogP contribution in [-0.2, 0) is 0 Å². The van der Waals surface area contributed by atoms with Gasteiger partial charge < -0.3 is 0 Å². The van der Waals surface area contributed by atoms with E-state index in [1.165, 1.54) is 28.7 Å². The second kappa shape index (κ2) is 6.86. The molecule has 2 atom stereocenters. The molecule has 2 aliphatic carbocycles. The first-order valence-corrected chi connectivity index (χ1v) is 8.74. The summed E-state index contributed by atoms with van der Waals surface area (Å²) in [4.78, 5) is 0. The molecule has 0 saturated carbocycles. The first-order chi connectivity index (χ1) is 10.3. The molecule has 0 amide bonds. The molecule has 0 aromatic heterocycles. The Kier molecular flexibility index (Phi) is 5.32. The lowest BCUT2D eigenvalue weighted by Gasteiger charge is -2.28. The van der Waals surface area contributed by atoms with Crippen LogP contribution in [0.4, 0.5) is 0 Å². The van der Waals surface area contributed by atoms with E-state index in [0.29, 0.717) is 11.8 Å². The Balaban J connectivity index is 2.53. The van der Waals surface area contributed by atoms with E-state index in [1.54, 1.807) is 16.7 Å². The summed E-state index contributed by atoms with van der Waals surface area (Å²) in [6.07, 6.45) is 9.46. The van der Waals surface area contributed by atoms with E-state index in [9.17, 15) is 0 Å². The monoisotopic (exact) mass is 296 g/mol. The summed E-state index contributed by atoms with van der Waals surface area (Å²) in [5.41, 5.74) is 10.5. The predicted molar refractivity (Wildman–Crippen MR) is 98.9 cm³/mol. The van der Waals surface area contributed by atoms with Crippen LogP contribution in [0.3, 0.4) is 0 Å². The molecule has 0 nitrogen and oxygen atoms in total. The van der Waals surface area contributed by atoms with Crippen molar-refractivity contribution in [3.05, 3.63) is 57.7 Å². The van der Waals surface area contributed by atoms with Crippen LogP contribution in [0, 0.1) is 11.8 Å². The summed E-state index contributed by atoms with van der Waals surface area (Å²) in [6.45, 7) is 18.2. The third kappa shape index (κ3) is 3.37. The first kappa shape index (κ1) is 17.1. The molecule has 0 bridgehead atoms. The fourth-order valence-electron chi connectivity index (χ4n) is 3.71. The maximum Gasteiger partial charge on any atom is -0.00208 e. The Morgan fingerprint density at radius 2 is 1.68 bits per heavy atom. The molecule has 0 heterocycles. The van der Waals surface area contributed by atoms with Crippen molar-refractivity contribution in [2.45, 2.75) is 67.2 Å². The Labute approximate surface area is 137 Å². The summed E-state index contributed by atoms with van der Waals surface area (Å²) < 4.78 is 0. The van der Waals surface area contributed by atoms with Crippen LogP contribution in [0.2, 0.25) is 0 Å². The quantitative estimate of drug-likeness (QED) is 0.460. The van der Waals surface area contributed by atoms with Gasteiger partial charge in [-0.15, -0.1) is 0 Å². The predicted octanol–water partition coefficient (Wildman–Crippen LogP) is 6.93. The van der Waals surface area contributed by atoms with Gasteiger partial charge in [0.05, 0.1) is 0 Å². The van der Waals surface area contributed by atoms with E-state index in [4.69, 9.17) is 0 Å². The zero-order valence-electron chi connectivity index (χ0n) is 15.3. The summed E-state index contributed by atoms with van der Waals surface area (Å²) in [5.74, 6) is 1.12. The van der Waals surface area contributed by atoms with Crippen molar-refractivity contribution in [2.24, 2.45) is 11.8 Å². The van der Waals surface area contributed by atoms with Gasteiger partial charge in [0, 0.05) is 0 Å². The smallest absolute Gasteiger partial charge is 0.00208 e. The molecule has 0 aromatic rings. The SMILES string of the molecule is C=C1CCC(C)=C(C2=CCC(C)=CCC2C)C(C)=C(C)C1C. The highest BCUT2D eigenvalue weighted by atomic mass is 14.3. The average Bonchev–Trinajstić information content (AvgIpc) is 2.65. The lowest BCUT2D eigenvalue weighted by molar-refractivity contribution is 0.683. The molecule has 0 heteroatoms. The average molecular weight is 296 g/mol. The van der Waals surface area contributed by atoms with Gasteiger partial charge in [0.1, 0.15) is 0 Å². The second-order valence-electron chi connectivity index (χ2n) is 7.39. The third-order valence-electron chi connectivity index (χ3n) is 5.76. The zero-order chi connectivity index (χ0) is 16.4. The maximum atomic E-state index is 4.31. The van der Waals surface area contributed by atoms with Crippen molar-refractivity contribution in [1.29, 1.82) is 0 Å². The zero-order valence-corrected chi connectivity index (χ0v) is 15.3. The van der Waals surface area contributed by atoms with Gasteiger partial charge in [0.2, 0.25) is 0 Å².